The summed E-state index contributed by atoms with van der Waals surface area (Å²) in [7, 11) is 2.45. The minimum Gasteiger partial charge on any atom is -0.323 e. The Kier molecular flexibility index (Phi) is 6.37. The maximum atomic E-state index is 9.27. The van der Waals surface area contributed by atoms with Gasteiger partial charge in [0.2, 0.25) is 0 Å². The first kappa shape index (κ1) is 18.5. The van der Waals surface area contributed by atoms with Gasteiger partial charge >= 0.3 is 11.9 Å². The number of methoxy groups -OCH3 is 2. The molecule has 0 bridgehead atoms. The molecule has 0 radical (unpaired) electrons. The summed E-state index contributed by atoms with van der Waals surface area (Å²) >= 11 is 0. The van der Waals surface area contributed by atoms with E-state index in [1.54, 1.807) is 60.7 Å². The maximum absolute atomic E-state index is 9.27. The first-order chi connectivity index (χ1) is 11.7. The molecule has 0 fully saturated rings. The van der Waals surface area contributed by atoms with Gasteiger partial charge in [-0.1, -0.05) is 60.7 Å². The third-order valence-electron chi connectivity index (χ3n) is 3.29. The Bertz CT molecular complexity index is 540. The van der Waals surface area contributed by atoms with Crippen LogP contribution in [0.25, 0.3) is 0 Å². The highest BCUT2D eigenvalue weighted by molar-refractivity contribution is 5.19. The number of hydrogen-bond donors (Lipinski definition) is 2. The van der Waals surface area contributed by atoms with Gasteiger partial charge in [-0.15, -0.1) is 0 Å². The largest absolute Gasteiger partial charge is 0.366 e. The summed E-state index contributed by atoms with van der Waals surface area (Å²) in [5.41, 5.74) is 0.567. The van der Waals surface area contributed by atoms with E-state index < -0.39 is 11.9 Å². The molecule has 0 spiro atoms. The highest BCUT2D eigenvalue weighted by Gasteiger charge is 2.45. The number of hydrogen-bond acceptors (Lipinski definition) is 8. The van der Waals surface area contributed by atoms with Crippen molar-refractivity contribution in [3.05, 3.63) is 71.8 Å². The molecule has 0 amide bonds. The van der Waals surface area contributed by atoms with Crippen molar-refractivity contribution in [1.82, 2.24) is 0 Å². The minimum atomic E-state index is -2.13. The molecule has 0 heterocycles. The van der Waals surface area contributed by atoms with Crippen LogP contribution >= 0.6 is 0 Å². The van der Waals surface area contributed by atoms with Crippen molar-refractivity contribution in [3.63, 3.8) is 0 Å². The third-order valence-corrected chi connectivity index (χ3v) is 3.29. The van der Waals surface area contributed by atoms with Gasteiger partial charge in [-0.2, -0.15) is 19.6 Å². The van der Waals surface area contributed by atoms with Crippen LogP contribution in [-0.4, -0.2) is 24.7 Å². The molecule has 0 aliphatic heterocycles. The van der Waals surface area contributed by atoms with Crippen molar-refractivity contribution in [2.75, 3.05) is 14.2 Å². The SMILES string of the molecule is COC(OO)(OOC(OC)(OO)c1ccccc1)c1ccccc1. The molecule has 8 nitrogen and oxygen atoms in total. The van der Waals surface area contributed by atoms with Crippen molar-refractivity contribution >= 4 is 0 Å². The molecular weight excluding hydrogens is 320 g/mol. The molecule has 2 unspecified atom stereocenters. The lowest BCUT2D eigenvalue weighted by atomic mass is 10.2. The Labute approximate surface area is 138 Å². The summed E-state index contributed by atoms with van der Waals surface area (Å²) in [4.78, 5) is 18.9. The highest BCUT2D eigenvalue weighted by atomic mass is 17.4. The van der Waals surface area contributed by atoms with E-state index in [1.165, 1.54) is 14.2 Å². The fraction of sp³-hybridized carbons (Fsp3) is 0.250. The van der Waals surface area contributed by atoms with Crippen LogP contribution < -0.4 is 0 Å². The first-order valence-electron chi connectivity index (χ1n) is 6.89. The van der Waals surface area contributed by atoms with Gasteiger partial charge in [-0.25, -0.2) is 10.5 Å². The fourth-order valence-corrected chi connectivity index (χ4v) is 2.00. The van der Waals surface area contributed by atoms with Gasteiger partial charge in [0.15, 0.2) is 0 Å². The van der Waals surface area contributed by atoms with E-state index >= 15 is 0 Å². The van der Waals surface area contributed by atoms with Gasteiger partial charge in [0.1, 0.15) is 0 Å². The second kappa shape index (κ2) is 8.29. The number of rotatable bonds is 9. The van der Waals surface area contributed by atoms with Crippen molar-refractivity contribution < 1.29 is 39.5 Å². The lowest BCUT2D eigenvalue weighted by Gasteiger charge is -2.32. The topological polar surface area (TPSA) is 95.8 Å². The zero-order chi connectivity index (χ0) is 17.5. The van der Waals surface area contributed by atoms with Crippen LogP contribution in [-0.2, 0) is 41.0 Å². The van der Waals surface area contributed by atoms with Gasteiger partial charge in [-0.05, 0) is 0 Å². The van der Waals surface area contributed by atoms with Gasteiger partial charge in [0.05, 0.1) is 0 Å². The number of benzene rings is 2. The highest BCUT2D eigenvalue weighted by Crippen LogP contribution is 2.34. The standard InChI is InChI=1S/C16H18O8/c1-19-15(21-17,13-9-5-3-6-10-13)23-24-16(20-2,22-18)14-11-7-4-8-12-14/h3-12,17-18H,1-2H3. The zero-order valence-electron chi connectivity index (χ0n) is 13.1. The van der Waals surface area contributed by atoms with E-state index in [4.69, 9.17) is 19.2 Å². The van der Waals surface area contributed by atoms with Crippen molar-refractivity contribution in [2.24, 2.45) is 0 Å². The van der Waals surface area contributed by atoms with Crippen LogP contribution in [0, 0.1) is 0 Å². The first-order valence-corrected chi connectivity index (χ1v) is 6.89. The molecule has 8 heteroatoms. The Balaban J connectivity index is 2.29. The average Bonchev–Trinajstić information content (AvgIpc) is 2.68. The quantitative estimate of drug-likeness (QED) is 0.409. The maximum Gasteiger partial charge on any atom is 0.366 e. The van der Waals surface area contributed by atoms with E-state index in [0.717, 1.165) is 0 Å². The van der Waals surface area contributed by atoms with Crippen molar-refractivity contribution in [3.8, 4) is 0 Å². The molecule has 0 aliphatic rings. The Hall–Kier alpha value is -1.88. The third kappa shape index (κ3) is 3.61. The van der Waals surface area contributed by atoms with Crippen LogP contribution in [0.2, 0.25) is 0 Å². The van der Waals surface area contributed by atoms with Crippen LogP contribution in [0.15, 0.2) is 60.7 Å². The summed E-state index contributed by atoms with van der Waals surface area (Å²) in [5, 5.41) is 18.5. The Morgan fingerprint density at radius 3 is 1.21 bits per heavy atom. The van der Waals surface area contributed by atoms with E-state index in [1.807, 2.05) is 0 Å². The van der Waals surface area contributed by atoms with E-state index in [9.17, 15) is 10.5 Å². The molecule has 0 aromatic heterocycles. The molecule has 0 aliphatic carbocycles. The summed E-state index contributed by atoms with van der Waals surface area (Å²) in [6.45, 7) is 0. The summed E-state index contributed by atoms with van der Waals surface area (Å²) in [6.07, 6.45) is 0. The smallest absolute Gasteiger partial charge is 0.323 e. The molecule has 2 aromatic rings. The molecule has 0 saturated carbocycles. The van der Waals surface area contributed by atoms with E-state index in [2.05, 4.69) is 9.78 Å². The molecular formula is C16H18O8. The van der Waals surface area contributed by atoms with Crippen LogP contribution in [0.3, 0.4) is 0 Å². The summed E-state index contributed by atoms with van der Waals surface area (Å²) in [6, 6.07) is 16.5. The molecule has 2 N–H and O–H groups in total. The van der Waals surface area contributed by atoms with Gasteiger partial charge in [0, 0.05) is 25.3 Å². The summed E-state index contributed by atoms with van der Waals surface area (Å²) < 4.78 is 10.2. The monoisotopic (exact) mass is 338 g/mol. The van der Waals surface area contributed by atoms with Crippen molar-refractivity contribution in [1.29, 1.82) is 0 Å². The van der Waals surface area contributed by atoms with Crippen molar-refractivity contribution in [2.45, 2.75) is 11.9 Å². The fourth-order valence-electron chi connectivity index (χ4n) is 2.00. The average molecular weight is 338 g/mol. The zero-order valence-corrected chi connectivity index (χ0v) is 13.1. The Morgan fingerprint density at radius 2 is 0.958 bits per heavy atom. The van der Waals surface area contributed by atoms with Gasteiger partial charge in [-0.3, -0.25) is 0 Å². The predicted octanol–water partition coefficient (Wildman–Crippen LogP) is 2.83. The van der Waals surface area contributed by atoms with Crippen LogP contribution in [0.1, 0.15) is 11.1 Å². The van der Waals surface area contributed by atoms with Crippen LogP contribution in [0.4, 0.5) is 0 Å². The molecule has 24 heavy (non-hydrogen) atoms. The molecule has 0 saturated heterocycles. The molecule has 2 atom stereocenters. The Morgan fingerprint density at radius 1 is 0.625 bits per heavy atom. The summed E-state index contributed by atoms with van der Waals surface area (Å²) in [5.74, 6) is -4.25. The molecule has 2 rings (SSSR count). The lowest BCUT2D eigenvalue weighted by Crippen LogP contribution is -2.41. The van der Waals surface area contributed by atoms with Gasteiger partial charge < -0.3 is 9.47 Å². The van der Waals surface area contributed by atoms with E-state index in [0.29, 0.717) is 0 Å². The normalized spacial score (nSPS) is 16.3. The second-order valence-electron chi connectivity index (χ2n) is 4.60. The lowest BCUT2D eigenvalue weighted by molar-refractivity contribution is -0.657. The van der Waals surface area contributed by atoms with Gasteiger partial charge in [0.25, 0.3) is 0 Å². The molecule has 130 valence electrons. The molecule has 2 aromatic carbocycles. The minimum absolute atomic E-state index is 0.283. The van der Waals surface area contributed by atoms with Crippen LogP contribution in [0.5, 0.6) is 0 Å². The van der Waals surface area contributed by atoms with E-state index in [-0.39, 0.29) is 11.1 Å². The predicted molar refractivity (Wildman–Crippen MR) is 79.9 cm³/mol. The number of ether oxygens (including phenoxy) is 2. The second-order valence-corrected chi connectivity index (χ2v) is 4.60.